The summed E-state index contributed by atoms with van der Waals surface area (Å²) in [5.74, 6) is -0.169. The molecule has 0 bridgehead atoms. The van der Waals surface area contributed by atoms with Crippen LogP contribution in [0.1, 0.15) is 40.1 Å². The highest BCUT2D eigenvalue weighted by atomic mass is 35.5. The van der Waals surface area contributed by atoms with Gasteiger partial charge < -0.3 is 20.4 Å². The number of halogens is 4. The number of hydrogen-bond acceptors (Lipinski definition) is 6. The van der Waals surface area contributed by atoms with E-state index in [9.17, 15) is 22.8 Å². The second-order valence-corrected chi connectivity index (χ2v) is 10.2. The van der Waals surface area contributed by atoms with Gasteiger partial charge in [0.25, 0.3) is 5.91 Å². The molecular weight excluding hydrogens is 559 g/mol. The van der Waals surface area contributed by atoms with Crippen LogP contribution in [-0.2, 0) is 17.5 Å². The molecule has 1 aromatic carbocycles. The van der Waals surface area contributed by atoms with Gasteiger partial charge in [-0.3, -0.25) is 14.6 Å². The molecule has 0 saturated carbocycles. The third-order valence-electron chi connectivity index (χ3n) is 6.66. The Bertz CT molecular complexity index is 1590. The Balaban J connectivity index is 1.34. The molecule has 1 fully saturated rings. The topological polar surface area (TPSA) is 114 Å². The van der Waals surface area contributed by atoms with Crippen molar-refractivity contribution < 1.29 is 27.2 Å². The highest BCUT2D eigenvalue weighted by Crippen LogP contribution is 2.39. The third kappa shape index (κ3) is 6.68. The number of likely N-dealkylation sites (tertiary alicyclic amines) is 1. The molecule has 41 heavy (non-hydrogen) atoms. The fourth-order valence-corrected chi connectivity index (χ4v) is 4.69. The number of amides is 2. The van der Waals surface area contributed by atoms with Gasteiger partial charge >= 0.3 is 6.18 Å². The molecule has 0 aliphatic carbocycles. The Labute approximate surface area is 238 Å². The number of carbonyl (C=O) groups excluding carboxylic acids is 2. The summed E-state index contributed by atoms with van der Waals surface area (Å²) in [5.41, 5.74) is 5.71. The quantitative estimate of drug-likeness (QED) is 0.223. The van der Waals surface area contributed by atoms with Gasteiger partial charge in [0.15, 0.2) is 0 Å². The zero-order chi connectivity index (χ0) is 29.1. The maximum atomic E-state index is 14.0. The number of nitrogens with zero attached hydrogens (tertiary/aromatic N) is 3. The minimum atomic E-state index is -4.70. The smallest absolute Gasteiger partial charge is 0.420 e. The molecule has 3 N–H and O–H groups in total. The number of hydrogen-bond donors (Lipinski definition) is 2. The lowest BCUT2D eigenvalue weighted by atomic mass is 10.0. The summed E-state index contributed by atoms with van der Waals surface area (Å²) in [6.07, 6.45) is 2.37. The van der Waals surface area contributed by atoms with Crippen LogP contribution in [0.3, 0.4) is 0 Å². The number of nitrogens with two attached hydrogens (primary N) is 1. The van der Waals surface area contributed by atoms with Crippen LogP contribution in [0, 0.1) is 0 Å². The van der Waals surface area contributed by atoms with Crippen molar-refractivity contribution in [2.45, 2.75) is 30.9 Å². The zero-order valence-corrected chi connectivity index (χ0v) is 22.4. The monoisotopic (exact) mass is 583 g/mol. The molecule has 1 aliphatic rings. The van der Waals surface area contributed by atoms with Gasteiger partial charge in [-0.15, -0.1) is 11.6 Å². The van der Waals surface area contributed by atoms with Crippen molar-refractivity contribution in [1.29, 1.82) is 0 Å². The van der Waals surface area contributed by atoms with Crippen molar-refractivity contribution in [2.24, 2.45) is 0 Å². The van der Waals surface area contributed by atoms with E-state index in [0.29, 0.717) is 42.9 Å². The van der Waals surface area contributed by atoms with Crippen LogP contribution in [0.4, 0.5) is 19.0 Å². The first-order valence-electron chi connectivity index (χ1n) is 12.8. The maximum absolute atomic E-state index is 14.0. The highest BCUT2D eigenvalue weighted by Gasteiger charge is 2.35. The maximum Gasteiger partial charge on any atom is 0.420 e. The minimum absolute atomic E-state index is 0.0481. The first-order chi connectivity index (χ1) is 19.6. The summed E-state index contributed by atoms with van der Waals surface area (Å²) in [7, 11) is 0. The lowest BCUT2D eigenvalue weighted by Crippen LogP contribution is -2.38. The number of fused-ring (bicyclic) bond motifs is 1. The van der Waals surface area contributed by atoms with Crippen molar-refractivity contribution >= 4 is 46.3 Å². The average molecular weight is 584 g/mol. The molecule has 1 saturated heterocycles. The molecule has 2 amide bonds. The first-order valence-corrected chi connectivity index (χ1v) is 13.2. The van der Waals surface area contributed by atoms with E-state index in [-0.39, 0.29) is 45.8 Å². The number of rotatable bonds is 6. The lowest BCUT2D eigenvalue weighted by molar-refractivity contribution is -0.136. The molecule has 0 atom stereocenters. The molecule has 4 aromatic rings. The number of benzene rings is 1. The molecule has 0 spiro atoms. The molecule has 3 aromatic heterocycles. The third-order valence-corrected chi connectivity index (χ3v) is 7.10. The molecule has 0 unspecified atom stereocenters. The highest BCUT2D eigenvalue weighted by molar-refractivity contribution is 6.20. The first kappa shape index (κ1) is 28.2. The van der Waals surface area contributed by atoms with E-state index in [1.807, 2.05) is 0 Å². The SMILES string of the molecule is Nc1ccc(C=CC(=O)NCc2cc3cc(-c4ccc(C(=O)N5CCC(Cl)CC5)cn4)cc(C(F)(F)F)c3o2)cn1. The van der Waals surface area contributed by atoms with E-state index in [1.54, 1.807) is 23.1 Å². The molecule has 5 rings (SSSR count). The Morgan fingerprint density at radius 1 is 1.10 bits per heavy atom. The van der Waals surface area contributed by atoms with Crippen molar-refractivity contribution in [2.75, 3.05) is 18.8 Å². The van der Waals surface area contributed by atoms with Crippen LogP contribution in [0.25, 0.3) is 28.3 Å². The Morgan fingerprint density at radius 3 is 2.54 bits per heavy atom. The number of aromatic nitrogens is 2. The van der Waals surface area contributed by atoms with Crippen LogP contribution in [0.2, 0.25) is 0 Å². The van der Waals surface area contributed by atoms with Gasteiger partial charge in [0.2, 0.25) is 5.91 Å². The summed E-state index contributed by atoms with van der Waals surface area (Å²) in [6, 6.07) is 10.3. The van der Waals surface area contributed by atoms with Crippen LogP contribution >= 0.6 is 11.6 Å². The molecular formula is C29H25ClF3N5O3. The molecule has 12 heteroatoms. The molecule has 4 heterocycles. The van der Waals surface area contributed by atoms with E-state index in [4.69, 9.17) is 21.8 Å². The van der Waals surface area contributed by atoms with Gasteiger partial charge in [0, 0.05) is 47.9 Å². The van der Waals surface area contributed by atoms with E-state index < -0.39 is 17.6 Å². The van der Waals surface area contributed by atoms with Crippen molar-refractivity contribution in [3.05, 3.63) is 83.4 Å². The molecule has 0 radical (unpaired) electrons. The fraction of sp³-hybridized carbons (Fsp3) is 0.241. The number of nitrogens with one attached hydrogen (secondary N) is 1. The summed E-state index contributed by atoms with van der Waals surface area (Å²) >= 11 is 6.11. The van der Waals surface area contributed by atoms with Crippen molar-refractivity contribution in [3.63, 3.8) is 0 Å². The Hall–Kier alpha value is -4.38. The van der Waals surface area contributed by atoms with Crippen LogP contribution in [0.15, 0.2) is 65.4 Å². The van der Waals surface area contributed by atoms with Gasteiger partial charge in [-0.2, -0.15) is 13.2 Å². The van der Waals surface area contributed by atoms with Gasteiger partial charge in [-0.05, 0) is 66.9 Å². The van der Waals surface area contributed by atoms with E-state index in [2.05, 4.69) is 15.3 Å². The predicted molar refractivity (Wildman–Crippen MR) is 149 cm³/mol. The zero-order valence-electron chi connectivity index (χ0n) is 21.6. The van der Waals surface area contributed by atoms with E-state index in [0.717, 1.165) is 6.07 Å². The predicted octanol–water partition coefficient (Wildman–Crippen LogP) is 5.66. The van der Waals surface area contributed by atoms with E-state index >= 15 is 0 Å². The second-order valence-electron chi connectivity index (χ2n) is 9.62. The normalized spacial score (nSPS) is 14.6. The van der Waals surface area contributed by atoms with Gasteiger partial charge in [0.1, 0.15) is 17.2 Å². The number of nitrogen functional groups attached to an aromatic ring is 1. The fourth-order valence-electron chi connectivity index (χ4n) is 4.50. The number of alkyl halides is 4. The standard InChI is InChI=1S/C29H25ClF3N5O3/c30-21-7-9-38(10-8-21)28(40)18-3-4-24(35-15-18)19-11-20-12-22(41-27(20)23(13-19)29(31,32)33)16-37-26(39)6-2-17-1-5-25(34)36-14-17/h1-6,11-15,21H,7-10,16H2,(H2,34,36)(H,37,39). The van der Waals surface area contributed by atoms with Crippen LogP contribution in [0.5, 0.6) is 0 Å². The average Bonchev–Trinajstić information content (AvgIpc) is 3.38. The number of furan rings is 1. The summed E-state index contributed by atoms with van der Waals surface area (Å²) < 4.78 is 47.5. The van der Waals surface area contributed by atoms with E-state index in [1.165, 1.54) is 42.7 Å². The lowest BCUT2D eigenvalue weighted by Gasteiger charge is -2.29. The number of pyridine rings is 2. The van der Waals surface area contributed by atoms with Gasteiger partial charge in [-0.1, -0.05) is 0 Å². The Kier molecular flexibility index (Phi) is 7.98. The number of anilines is 1. The van der Waals surface area contributed by atoms with Crippen LogP contribution < -0.4 is 11.1 Å². The largest absolute Gasteiger partial charge is 0.459 e. The minimum Gasteiger partial charge on any atom is -0.459 e. The summed E-state index contributed by atoms with van der Waals surface area (Å²) in [5, 5.41) is 2.84. The molecule has 8 nitrogen and oxygen atoms in total. The van der Waals surface area contributed by atoms with Gasteiger partial charge in [0.05, 0.1) is 23.4 Å². The Morgan fingerprint density at radius 2 is 1.88 bits per heavy atom. The van der Waals surface area contributed by atoms with Crippen molar-refractivity contribution in [3.8, 4) is 11.3 Å². The van der Waals surface area contributed by atoms with Crippen LogP contribution in [-0.4, -0.2) is 45.1 Å². The van der Waals surface area contributed by atoms with Gasteiger partial charge in [-0.25, -0.2) is 4.98 Å². The summed E-state index contributed by atoms with van der Waals surface area (Å²) in [4.78, 5) is 34.9. The number of carbonyl (C=O) groups is 2. The molecule has 1 aliphatic heterocycles. The van der Waals surface area contributed by atoms with Crippen molar-refractivity contribution in [1.82, 2.24) is 20.2 Å². The summed E-state index contributed by atoms with van der Waals surface area (Å²) in [6.45, 7) is 0.959. The molecule has 212 valence electrons. The second kappa shape index (κ2) is 11.6. The number of piperidine rings is 1.